The Hall–Kier alpha value is -0.410. The lowest BCUT2D eigenvalue weighted by Crippen LogP contribution is -2.23. The summed E-state index contributed by atoms with van der Waals surface area (Å²) in [5.41, 5.74) is 0. The molecule has 0 aromatic heterocycles. The highest BCUT2D eigenvalue weighted by atomic mass is 16.1. The van der Waals surface area contributed by atoms with Crippen LogP contribution in [0.5, 0.6) is 0 Å². The molecule has 0 radical (unpaired) electrons. The van der Waals surface area contributed by atoms with Gasteiger partial charge in [0.05, 0.1) is 6.54 Å². The minimum Gasteiger partial charge on any atom is -0.313 e. The first kappa shape index (κ1) is 20.9. The third-order valence-corrected chi connectivity index (χ3v) is 2.01. The molecule has 0 aliphatic heterocycles. The van der Waals surface area contributed by atoms with Crippen LogP contribution in [0, 0.1) is 0 Å². The molecule has 0 bridgehead atoms. The lowest BCUT2D eigenvalue weighted by atomic mass is 10.3. The van der Waals surface area contributed by atoms with Crippen LogP contribution in [0.3, 0.4) is 0 Å². The maximum absolute atomic E-state index is 9.34. The lowest BCUT2D eigenvalue weighted by Gasteiger charge is -2.16. The molecule has 0 amide bonds. The second kappa shape index (κ2) is 24.0. The Bertz CT molecular complexity index is 104. The average Bonchev–Trinajstić information content (AvgIpc) is 2.35. The van der Waals surface area contributed by atoms with E-state index >= 15 is 0 Å². The van der Waals surface area contributed by atoms with E-state index in [2.05, 4.69) is 31.0 Å². The van der Waals surface area contributed by atoms with E-state index in [1.54, 1.807) is 7.05 Å². The van der Waals surface area contributed by atoms with Crippen molar-refractivity contribution in [1.29, 1.82) is 0 Å². The Balaban J connectivity index is -0.000000205. The van der Waals surface area contributed by atoms with E-state index in [0.29, 0.717) is 6.54 Å². The fourth-order valence-electron chi connectivity index (χ4n) is 1.00. The maximum Gasteiger partial charge on any atom is 0.133 e. The zero-order valence-electron chi connectivity index (χ0n) is 12.2. The summed E-state index contributed by atoms with van der Waals surface area (Å²) in [6, 6.07) is 0. The molecule has 0 aromatic carbocycles. The first-order chi connectivity index (χ1) is 7.76. The van der Waals surface area contributed by atoms with E-state index in [-0.39, 0.29) is 0 Å². The zero-order valence-corrected chi connectivity index (χ0v) is 12.2. The summed E-state index contributed by atoms with van der Waals surface area (Å²) in [5.74, 6) is 0. The Labute approximate surface area is 103 Å². The second-order valence-corrected chi connectivity index (χ2v) is 3.10. The predicted molar refractivity (Wildman–Crippen MR) is 74.0 cm³/mol. The van der Waals surface area contributed by atoms with Gasteiger partial charge in [-0.05, 0) is 33.1 Å². The van der Waals surface area contributed by atoms with Gasteiger partial charge in [-0.1, -0.05) is 41.0 Å². The van der Waals surface area contributed by atoms with Gasteiger partial charge in [-0.15, -0.1) is 0 Å². The largest absolute Gasteiger partial charge is 0.313 e. The van der Waals surface area contributed by atoms with Gasteiger partial charge in [0.15, 0.2) is 0 Å². The van der Waals surface area contributed by atoms with Gasteiger partial charge < -0.3 is 15.0 Å². The van der Waals surface area contributed by atoms with E-state index < -0.39 is 0 Å². The van der Waals surface area contributed by atoms with Crippen LogP contribution in [0.25, 0.3) is 0 Å². The van der Waals surface area contributed by atoms with E-state index in [4.69, 9.17) is 0 Å². The molecular formula is C13H32N2O. The van der Waals surface area contributed by atoms with E-state index in [0.717, 1.165) is 6.29 Å². The first-order valence-electron chi connectivity index (χ1n) is 6.57. The van der Waals surface area contributed by atoms with Crippen molar-refractivity contribution < 1.29 is 4.79 Å². The van der Waals surface area contributed by atoms with Crippen LogP contribution < -0.4 is 5.32 Å². The van der Waals surface area contributed by atoms with Crippen molar-refractivity contribution in [2.45, 2.75) is 47.5 Å². The van der Waals surface area contributed by atoms with Crippen molar-refractivity contribution in [1.82, 2.24) is 10.2 Å². The van der Waals surface area contributed by atoms with Crippen molar-refractivity contribution >= 4 is 6.29 Å². The summed E-state index contributed by atoms with van der Waals surface area (Å²) in [4.78, 5) is 11.8. The van der Waals surface area contributed by atoms with E-state index in [1.807, 2.05) is 13.8 Å². The molecule has 0 spiro atoms. The van der Waals surface area contributed by atoms with Crippen LogP contribution in [0.2, 0.25) is 0 Å². The van der Waals surface area contributed by atoms with Gasteiger partial charge in [-0.2, -0.15) is 0 Å². The first-order valence-corrected chi connectivity index (χ1v) is 6.57. The SMILES string of the molecule is CC.CCCCN(CC)CC.CNCC=O. The van der Waals surface area contributed by atoms with Gasteiger partial charge in [0, 0.05) is 0 Å². The summed E-state index contributed by atoms with van der Waals surface area (Å²) in [6.07, 6.45) is 3.48. The van der Waals surface area contributed by atoms with Gasteiger partial charge in [0.1, 0.15) is 6.29 Å². The van der Waals surface area contributed by atoms with Gasteiger partial charge in [0.2, 0.25) is 0 Å². The van der Waals surface area contributed by atoms with Crippen molar-refractivity contribution in [2.75, 3.05) is 33.2 Å². The molecule has 0 unspecified atom stereocenters. The zero-order chi connectivity index (χ0) is 13.2. The molecule has 100 valence electrons. The Morgan fingerprint density at radius 3 is 1.81 bits per heavy atom. The minimum atomic E-state index is 0.458. The molecule has 3 heteroatoms. The number of nitrogens with zero attached hydrogens (tertiary/aromatic N) is 1. The Morgan fingerprint density at radius 1 is 1.12 bits per heavy atom. The van der Waals surface area contributed by atoms with Crippen LogP contribution >= 0.6 is 0 Å². The number of likely N-dealkylation sites (N-methyl/N-ethyl adjacent to an activating group) is 1. The standard InChI is InChI=1S/C8H19N.C3H7NO.C2H6/c1-4-7-8-9(5-2)6-3;1-4-2-3-5;1-2/h4-8H2,1-3H3;3-4H,2H2,1H3;1-2H3. The van der Waals surface area contributed by atoms with E-state index in [1.165, 1.54) is 32.5 Å². The molecular weight excluding hydrogens is 200 g/mol. The second-order valence-electron chi connectivity index (χ2n) is 3.10. The molecule has 0 aliphatic carbocycles. The van der Waals surface area contributed by atoms with Crippen LogP contribution in [-0.4, -0.2) is 44.4 Å². The molecule has 0 fully saturated rings. The summed E-state index contributed by atoms with van der Waals surface area (Å²) in [6.45, 7) is 14.8. The maximum atomic E-state index is 9.34. The fraction of sp³-hybridized carbons (Fsp3) is 0.923. The number of rotatable bonds is 7. The molecule has 0 aromatic rings. The molecule has 0 saturated heterocycles. The molecule has 1 N–H and O–H groups in total. The van der Waals surface area contributed by atoms with Gasteiger partial charge in [0.25, 0.3) is 0 Å². The molecule has 16 heavy (non-hydrogen) atoms. The number of unbranched alkanes of at least 4 members (excludes halogenated alkanes) is 1. The van der Waals surface area contributed by atoms with E-state index in [9.17, 15) is 4.79 Å². The molecule has 3 nitrogen and oxygen atoms in total. The molecule has 0 heterocycles. The number of aldehydes is 1. The van der Waals surface area contributed by atoms with Gasteiger partial charge in [-0.3, -0.25) is 0 Å². The summed E-state index contributed by atoms with van der Waals surface area (Å²) in [7, 11) is 1.73. The van der Waals surface area contributed by atoms with Gasteiger partial charge in [-0.25, -0.2) is 0 Å². The third-order valence-electron chi connectivity index (χ3n) is 2.01. The lowest BCUT2D eigenvalue weighted by molar-refractivity contribution is -0.107. The number of hydrogen-bond donors (Lipinski definition) is 1. The molecule has 0 aliphatic rings. The molecule has 0 rings (SSSR count). The van der Waals surface area contributed by atoms with Crippen LogP contribution in [0.15, 0.2) is 0 Å². The fourth-order valence-corrected chi connectivity index (χ4v) is 1.00. The van der Waals surface area contributed by atoms with Crippen molar-refractivity contribution in [2.24, 2.45) is 0 Å². The monoisotopic (exact) mass is 232 g/mol. The number of nitrogens with one attached hydrogen (secondary N) is 1. The summed E-state index contributed by atoms with van der Waals surface area (Å²) < 4.78 is 0. The minimum absolute atomic E-state index is 0.458. The molecule has 0 saturated carbocycles. The predicted octanol–water partition coefficient (Wildman–Crippen LogP) is 2.56. The van der Waals surface area contributed by atoms with Crippen LogP contribution in [0.4, 0.5) is 0 Å². The quantitative estimate of drug-likeness (QED) is 0.685. The smallest absolute Gasteiger partial charge is 0.133 e. The van der Waals surface area contributed by atoms with Crippen molar-refractivity contribution in [3.63, 3.8) is 0 Å². The van der Waals surface area contributed by atoms with Crippen molar-refractivity contribution in [3.05, 3.63) is 0 Å². The number of hydrogen-bond acceptors (Lipinski definition) is 3. The third kappa shape index (κ3) is 23.4. The number of carbonyl (C=O) groups excluding carboxylic acids is 1. The average molecular weight is 232 g/mol. The highest BCUT2D eigenvalue weighted by Crippen LogP contribution is 1.92. The highest BCUT2D eigenvalue weighted by molar-refractivity contribution is 5.51. The molecule has 0 atom stereocenters. The van der Waals surface area contributed by atoms with Crippen LogP contribution in [-0.2, 0) is 4.79 Å². The number of carbonyl (C=O) groups is 1. The Kier molecular flexibility index (Phi) is 31.4. The van der Waals surface area contributed by atoms with Crippen molar-refractivity contribution in [3.8, 4) is 0 Å². The van der Waals surface area contributed by atoms with Gasteiger partial charge >= 0.3 is 0 Å². The highest BCUT2D eigenvalue weighted by Gasteiger charge is 1.94. The Morgan fingerprint density at radius 2 is 1.62 bits per heavy atom. The summed E-state index contributed by atoms with van der Waals surface area (Å²) in [5, 5.41) is 2.65. The normalized spacial score (nSPS) is 8.69. The van der Waals surface area contributed by atoms with Crippen LogP contribution in [0.1, 0.15) is 47.5 Å². The topological polar surface area (TPSA) is 32.3 Å². The summed E-state index contributed by atoms with van der Waals surface area (Å²) >= 11 is 0.